The van der Waals surface area contributed by atoms with E-state index >= 15 is 0 Å². The van der Waals surface area contributed by atoms with E-state index in [2.05, 4.69) is 0 Å². The Kier molecular flexibility index (Phi) is 5.76. The first-order chi connectivity index (χ1) is 7.07. The number of halogens is 3. The average molecular weight is 240 g/mol. The van der Waals surface area contributed by atoms with Gasteiger partial charge in [-0.05, 0) is 33.2 Å². The first-order valence-electron chi connectivity index (χ1n) is 5.61. The van der Waals surface area contributed by atoms with E-state index in [1.165, 1.54) is 18.9 Å². The van der Waals surface area contributed by atoms with Crippen molar-refractivity contribution in [1.82, 2.24) is 4.90 Å². The van der Waals surface area contributed by atoms with E-state index in [0.29, 0.717) is 5.92 Å². The van der Waals surface area contributed by atoms with Gasteiger partial charge in [0, 0.05) is 12.1 Å². The van der Waals surface area contributed by atoms with Crippen molar-refractivity contribution in [2.75, 3.05) is 7.05 Å². The molecule has 0 aliphatic heterocycles. The summed E-state index contributed by atoms with van der Waals surface area (Å²) in [6, 6.07) is -2.61. The standard InChI is InChI=1S/C11H23F3N2/c1-7(2)6-8(3)16(5)10(9(4)15)11(12,13)14/h7-10H,6,15H2,1-5H3. The summed E-state index contributed by atoms with van der Waals surface area (Å²) in [6.45, 7) is 7.20. The van der Waals surface area contributed by atoms with Crippen LogP contribution in [0.1, 0.15) is 34.1 Å². The van der Waals surface area contributed by atoms with Crippen LogP contribution in [0.15, 0.2) is 0 Å². The lowest BCUT2D eigenvalue weighted by atomic mass is 10.0. The summed E-state index contributed by atoms with van der Waals surface area (Å²) in [6.07, 6.45) is -3.54. The lowest BCUT2D eigenvalue weighted by molar-refractivity contribution is -0.190. The molecule has 0 spiro atoms. The fourth-order valence-electron chi connectivity index (χ4n) is 2.02. The largest absolute Gasteiger partial charge is 0.405 e. The number of alkyl halides is 3. The minimum atomic E-state index is -4.27. The van der Waals surface area contributed by atoms with Gasteiger partial charge in [0.15, 0.2) is 0 Å². The summed E-state index contributed by atoms with van der Waals surface area (Å²) in [5.74, 6) is 0.374. The van der Waals surface area contributed by atoms with Crippen molar-refractivity contribution in [2.24, 2.45) is 11.7 Å². The molecule has 0 radical (unpaired) electrons. The normalized spacial score (nSPS) is 18.9. The second kappa shape index (κ2) is 5.87. The van der Waals surface area contributed by atoms with Crippen LogP contribution in [0.2, 0.25) is 0 Å². The summed E-state index contributed by atoms with van der Waals surface area (Å²) >= 11 is 0. The van der Waals surface area contributed by atoms with Crippen molar-refractivity contribution in [2.45, 2.75) is 58.4 Å². The van der Waals surface area contributed by atoms with Gasteiger partial charge in [0.1, 0.15) is 6.04 Å². The minimum absolute atomic E-state index is 0.127. The molecule has 0 aliphatic rings. The van der Waals surface area contributed by atoms with Crippen molar-refractivity contribution >= 4 is 0 Å². The summed E-state index contributed by atoms with van der Waals surface area (Å²) in [5, 5.41) is 0. The highest BCUT2D eigenvalue weighted by molar-refractivity contribution is 4.86. The van der Waals surface area contributed by atoms with E-state index in [0.717, 1.165) is 6.42 Å². The first-order valence-corrected chi connectivity index (χ1v) is 5.61. The maximum atomic E-state index is 12.8. The van der Waals surface area contributed by atoms with Gasteiger partial charge in [0.25, 0.3) is 0 Å². The first kappa shape index (κ1) is 15.7. The number of nitrogens with two attached hydrogens (primary N) is 1. The monoisotopic (exact) mass is 240 g/mol. The zero-order chi connectivity index (χ0) is 13.1. The number of nitrogens with zero attached hydrogens (tertiary/aromatic N) is 1. The third kappa shape index (κ3) is 4.70. The molecular weight excluding hydrogens is 217 g/mol. The fraction of sp³-hybridized carbons (Fsp3) is 1.00. The van der Waals surface area contributed by atoms with Crippen LogP contribution in [0.5, 0.6) is 0 Å². The second-order valence-electron chi connectivity index (χ2n) is 4.99. The average Bonchev–Trinajstić information content (AvgIpc) is 1.98. The Labute approximate surface area is 96.0 Å². The Balaban J connectivity index is 4.68. The van der Waals surface area contributed by atoms with Gasteiger partial charge in [-0.25, -0.2) is 0 Å². The number of hydrogen-bond acceptors (Lipinski definition) is 2. The van der Waals surface area contributed by atoms with Gasteiger partial charge in [0.2, 0.25) is 0 Å². The zero-order valence-corrected chi connectivity index (χ0v) is 10.7. The molecule has 0 saturated carbocycles. The van der Waals surface area contributed by atoms with Crippen molar-refractivity contribution < 1.29 is 13.2 Å². The molecule has 0 rings (SSSR count). The predicted molar refractivity (Wildman–Crippen MR) is 60.2 cm³/mol. The third-order valence-corrected chi connectivity index (χ3v) is 2.78. The van der Waals surface area contributed by atoms with E-state index in [-0.39, 0.29) is 6.04 Å². The molecule has 2 N–H and O–H groups in total. The maximum Gasteiger partial charge on any atom is 0.405 e. The molecule has 3 unspecified atom stereocenters. The Morgan fingerprint density at radius 3 is 1.81 bits per heavy atom. The van der Waals surface area contributed by atoms with Crippen molar-refractivity contribution in [3.8, 4) is 0 Å². The SMILES string of the molecule is CC(C)CC(C)N(C)C(C(C)N)C(F)(F)F. The van der Waals surface area contributed by atoms with Crippen LogP contribution < -0.4 is 5.73 Å². The van der Waals surface area contributed by atoms with E-state index < -0.39 is 18.3 Å². The lowest BCUT2D eigenvalue weighted by Crippen LogP contribution is -2.56. The van der Waals surface area contributed by atoms with Crippen LogP contribution >= 0.6 is 0 Å². The van der Waals surface area contributed by atoms with Gasteiger partial charge in [-0.2, -0.15) is 13.2 Å². The molecule has 0 bridgehead atoms. The highest BCUT2D eigenvalue weighted by Gasteiger charge is 2.45. The maximum absolute atomic E-state index is 12.8. The summed E-state index contributed by atoms with van der Waals surface area (Å²) < 4.78 is 38.4. The highest BCUT2D eigenvalue weighted by Crippen LogP contribution is 2.28. The third-order valence-electron chi connectivity index (χ3n) is 2.78. The van der Waals surface area contributed by atoms with E-state index in [9.17, 15) is 13.2 Å². The van der Waals surface area contributed by atoms with Gasteiger partial charge in [-0.1, -0.05) is 13.8 Å². The lowest BCUT2D eigenvalue weighted by Gasteiger charge is -2.37. The van der Waals surface area contributed by atoms with Crippen molar-refractivity contribution in [1.29, 1.82) is 0 Å². The molecular formula is C11H23F3N2. The summed E-state index contributed by atoms with van der Waals surface area (Å²) in [5.41, 5.74) is 5.43. The smallest absolute Gasteiger partial charge is 0.326 e. The number of rotatable bonds is 5. The second-order valence-corrected chi connectivity index (χ2v) is 4.99. The van der Waals surface area contributed by atoms with Crippen LogP contribution in [0, 0.1) is 5.92 Å². The van der Waals surface area contributed by atoms with Crippen molar-refractivity contribution in [3.63, 3.8) is 0 Å². The van der Waals surface area contributed by atoms with Gasteiger partial charge in [-0.15, -0.1) is 0 Å². The molecule has 3 atom stereocenters. The molecule has 0 amide bonds. The van der Waals surface area contributed by atoms with Crippen LogP contribution in [-0.2, 0) is 0 Å². The molecule has 0 aromatic heterocycles. The topological polar surface area (TPSA) is 29.3 Å². The van der Waals surface area contributed by atoms with Crippen LogP contribution in [0.4, 0.5) is 13.2 Å². The molecule has 0 saturated heterocycles. The summed E-state index contributed by atoms with van der Waals surface area (Å²) in [4.78, 5) is 1.34. The van der Waals surface area contributed by atoms with Crippen LogP contribution in [0.3, 0.4) is 0 Å². The highest BCUT2D eigenvalue weighted by atomic mass is 19.4. The Bertz CT molecular complexity index is 202. The molecule has 0 heterocycles. The van der Waals surface area contributed by atoms with Crippen LogP contribution in [-0.4, -0.2) is 36.2 Å². The van der Waals surface area contributed by atoms with E-state index in [4.69, 9.17) is 5.73 Å². The van der Waals surface area contributed by atoms with Crippen molar-refractivity contribution in [3.05, 3.63) is 0 Å². The Morgan fingerprint density at radius 2 is 1.56 bits per heavy atom. The van der Waals surface area contributed by atoms with Gasteiger partial charge in [0.05, 0.1) is 0 Å². The molecule has 98 valence electrons. The van der Waals surface area contributed by atoms with Gasteiger partial charge in [-0.3, -0.25) is 4.90 Å². The van der Waals surface area contributed by atoms with Gasteiger partial charge >= 0.3 is 6.18 Å². The van der Waals surface area contributed by atoms with Crippen LogP contribution in [0.25, 0.3) is 0 Å². The van der Waals surface area contributed by atoms with Gasteiger partial charge < -0.3 is 5.73 Å². The Hall–Kier alpha value is -0.290. The molecule has 16 heavy (non-hydrogen) atoms. The Morgan fingerprint density at radius 1 is 1.12 bits per heavy atom. The zero-order valence-electron chi connectivity index (χ0n) is 10.7. The molecule has 5 heteroatoms. The predicted octanol–water partition coefficient (Wildman–Crippen LogP) is 2.63. The molecule has 0 aromatic carbocycles. The molecule has 0 aliphatic carbocycles. The number of likely N-dealkylation sites (N-methyl/N-ethyl adjacent to an activating group) is 1. The molecule has 0 aromatic rings. The minimum Gasteiger partial charge on any atom is -0.326 e. The quantitative estimate of drug-likeness (QED) is 0.800. The van der Waals surface area contributed by atoms with E-state index in [1.807, 2.05) is 13.8 Å². The fourth-order valence-corrected chi connectivity index (χ4v) is 2.02. The molecule has 2 nitrogen and oxygen atoms in total. The number of hydrogen-bond donors (Lipinski definition) is 1. The summed E-state index contributed by atoms with van der Waals surface area (Å²) in [7, 11) is 1.49. The molecule has 0 fully saturated rings. The van der Waals surface area contributed by atoms with E-state index in [1.54, 1.807) is 6.92 Å².